The number of carbonyl (C=O) groups is 1. The molecule has 0 atom stereocenters. The van der Waals surface area contributed by atoms with E-state index in [2.05, 4.69) is 10.1 Å². The Bertz CT molecular complexity index is 984. The van der Waals surface area contributed by atoms with Crippen molar-refractivity contribution in [3.05, 3.63) is 64.7 Å². The molecular formula is C19H17ClN4OS. The van der Waals surface area contributed by atoms with Gasteiger partial charge in [0.25, 0.3) is 5.91 Å². The van der Waals surface area contributed by atoms with Crippen molar-refractivity contribution in [1.29, 1.82) is 0 Å². The van der Waals surface area contributed by atoms with Crippen molar-refractivity contribution in [3.63, 3.8) is 0 Å². The summed E-state index contributed by atoms with van der Waals surface area (Å²) in [6, 6.07) is 13.1. The highest BCUT2D eigenvalue weighted by Gasteiger charge is 2.24. The van der Waals surface area contributed by atoms with E-state index in [1.807, 2.05) is 56.3 Å². The number of thioether (sulfide) groups is 1. The summed E-state index contributed by atoms with van der Waals surface area (Å²) >= 11 is 7.88. The van der Waals surface area contributed by atoms with Gasteiger partial charge in [0, 0.05) is 27.8 Å². The Hall–Kier alpha value is -2.31. The second-order valence-corrected chi connectivity index (χ2v) is 7.66. The third-order valence-electron chi connectivity index (χ3n) is 4.26. The number of anilines is 1. The van der Waals surface area contributed by atoms with Crippen molar-refractivity contribution >= 4 is 35.0 Å². The molecule has 132 valence electrons. The van der Waals surface area contributed by atoms with Gasteiger partial charge in [0.1, 0.15) is 11.6 Å². The Labute approximate surface area is 161 Å². The molecule has 0 fully saturated rings. The predicted octanol–water partition coefficient (Wildman–Crippen LogP) is 4.29. The summed E-state index contributed by atoms with van der Waals surface area (Å²) in [7, 11) is 0. The molecule has 1 aliphatic rings. The first-order chi connectivity index (χ1) is 12.5. The van der Waals surface area contributed by atoms with Crippen LogP contribution >= 0.6 is 23.4 Å². The zero-order valence-corrected chi connectivity index (χ0v) is 16.0. The van der Waals surface area contributed by atoms with Crippen LogP contribution in [0.25, 0.3) is 5.69 Å². The van der Waals surface area contributed by atoms with Crippen molar-refractivity contribution in [2.75, 3.05) is 17.2 Å². The zero-order chi connectivity index (χ0) is 18.3. The molecule has 1 aromatic heterocycles. The number of carbonyl (C=O) groups excluding carboxylic acids is 1. The molecule has 0 bridgehead atoms. The van der Waals surface area contributed by atoms with Gasteiger partial charge in [-0.15, -0.1) is 11.8 Å². The van der Waals surface area contributed by atoms with E-state index in [4.69, 9.17) is 11.6 Å². The summed E-state index contributed by atoms with van der Waals surface area (Å²) in [4.78, 5) is 20.2. The van der Waals surface area contributed by atoms with Crippen LogP contribution in [-0.4, -0.2) is 33.0 Å². The molecule has 7 heteroatoms. The van der Waals surface area contributed by atoms with E-state index >= 15 is 0 Å². The normalized spacial score (nSPS) is 13.6. The van der Waals surface area contributed by atoms with Crippen LogP contribution in [0.15, 0.2) is 47.4 Å². The smallest absolute Gasteiger partial charge is 0.258 e. The lowest BCUT2D eigenvalue weighted by molar-refractivity contribution is 0.0987. The Morgan fingerprint density at radius 1 is 1.15 bits per heavy atom. The molecule has 1 amide bonds. The van der Waals surface area contributed by atoms with Gasteiger partial charge in [0.2, 0.25) is 0 Å². The molecule has 0 unspecified atom stereocenters. The summed E-state index contributed by atoms with van der Waals surface area (Å²) in [5.74, 6) is 2.39. The monoisotopic (exact) mass is 384 g/mol. The van der Waals surface area contributed by atoms with Crippen LogP contribution in [0.1, 0.15) is 22.0 Å². The van der Waals surface area contributed by atoms with Crippen molar-refractivity contribution < 1.29 is 4.79 Å². The molecule has 5 nitrogen and oxygen atoms in total. The molecule has 0 saturated heterocycles. The van der Waals surface area contributed by atoms with E-state index in [0.717, 1.165) is 33.7 Å². The van der Waals surface area contributed by atoms with Gasteiger partial charge >= 0.3 is 0 Å². The highest BCUT2D eigenvalue weighted by molar-refractivity contribution is 7.99. The van der Waals surface area contributed by atoms with Crippen molar-refractivity contribution in [2.24, 2.45) is 0 Å². The van der Waals surface area contributed by atoms with Crippen LogP contribution in [0.5, 0.6) is 0 Å². The standard InChI is InChI=1S/C19H17ClN4OS/c1-12-21-13(2)24(22-12)16-6-3-14(4-7-16)19(25)23-9-10-26-18-8-5-15(20)11-17(18)23/h3-8,11H,9-10H2,1-2H3. The maximum absolute atomic E-state index is 13.0. The molecule has 4 rings (SSSR count). The largest absolute Gasteiger partial charge is 0.306 e. The number of aromatic nitrogens is 3. The summed E-state index contributed by atoms with van der Waals surface area (Å²) in [5.41, 5.74) is 2.41. The lowest BCUT2D eigenvalue weighted by Gasteiger charge is -2.29. The van der Waals surface area contributed by atoms with Gasteiger partial charge in [-0.2, -0.15) is 5.10 Å². The first-order valence-electron chi connectivity index (χ1n) is 8.28. The Morgan fingerprint density at radius 2 is 1.92 bits per heavy atom. The molecule has 0 N–H and O–H groups in total. The molecular weight excluding hydrogens is 368 g/mol. The minimum absolute atomic E-state index is 0.0214. The first kappa shape index (κ1) is 17.1. The SMILES string of the molecule is Cc1nc(C)n(-c2ccc(C(=O)N3CCSc4ccc(Cl)cc43)cc2)n1. The molecule has 0 spiro atoms. The third-order valence-corrected chi connectivity index (χ3v) is 5.54. The van der Waals surface area contributed by atoms with Crippen LogP contribution in [0, 0.1) is 13.8 Å². The summed E-state index contributed by atoms with van der Waals surface area (Å²) < 4.78 is 1.77. The fourth-order valence-corrected chi connectivity index (χ4v) is 4.21. The van der Waals surface area contributed by atoms with Crippen LogP contribution in [-0.2, 0) is 0 Å². The van der Waals surface area contributed by atoms with E-state index in [1.54, 1.807) is 21.3 Å². The topological polar surface area (TPSA) is 51.0 Å². The van der Waals surface area contributed by atoms with E-state index < -0.39 is 0 Å². The average molecular weight is 385 g/mol. The van der Waals surface area contributed by atoms with Crippen LogP contribution < -0.4 is 4.90 Å². The molecule has 26 heavy (non-hydrogen) atoms. The number of hydrogen-bond acceptors (Lipinski definition) is 4. The predicted molar refractivity (Wildman–Crippen MR) is 105 cm³/mol. The molecule has 0 saturated carbocycles. The number of fused-ring (bicyclic) bond motifs is 1. The van der Waals surface area contributed by atoms with E-state index in [1.165, 1.54) is 0 Å². The minimum Gasteiger partial charge on any atom is -0.306 e. The van der Waals surface area contributed by atoms with Crippen molar-refractivity contribution in [2.45, 2.75) is 18.7 Å². The van der Waals surface area contributed by atoms with Gasteiger partial charge in [-0.3, -0.25) is 4.79 Å². The summed E-state index contributed by atoms with van der Waals surface area (Å²) in [6.07, 6.45) is 0. The third kappa shape index (κ3) is 3.10. The molecule has 2 heterocycles. The Morgan fingerprint density at radius 3 is 2.62 bits per heavy atom. The number of rotatable bonds is 2. The highest BCUT2D eigenvalue weighted by atomic mass is 35.5. The van der Waals surface area contributed by atoms with Crippen molar-refractivity contribution in [3.8, 4) is 5.69 Å². The Kier molecular flexibility index (Phi) is 4.46. The van der Waals surface area contributed by atoms with Gasteiger partial charge in [-0.1, -0.05) is 11.6 Å². The Balaban J connectivity index is 1.64. The average Bonchev–Trinajstić information content (AvgIpc) is 2.99. The lowest BCUT2D eigenvalue weighted by Crippen LogP contribution is -2.35. The number of amides is 1. The quantitative estimate of drug-likeness (QED) is 0.661. The van der Waals surface area contributed by atoms with Gasteiger partial charge < -0.3 is 4.90 Å². The number of nitrogens with zero attached hydrogens (tertiary/aromatic N) is 4. The molecule has 2 aromatic carbocycles. The van der Waals surface area contributed by atoms with Gasteiger partial charge in [0.15, 0.2) is 0 Å². The van der Waals surface area contributed by atoms with Crippen molar-refractivity contribution in [1.82, 2.24) is 14.8 Å². The molecule has 1 aliphatic heterocycles. The molecule has 0 aliphatic carbocycles. The maximum atomic E-state index is 13.0. The van der Waals surface area contributed by atoms with Gasteiger partial charge in [-0.05, 0) is 56.3 Å². The number of hydrogen-bond donors (Lipinski definition) is 0. The fraction of sp³-hybridized carbons (Fsp3) is 0.211. The number of aryl methyl sites for hydroxylation is 2. The number of benzene rings is 2. The van der Waals surface area contributed by atoms with Gasteiger partial charge in [0.05, 0.1) is 11.4 Å². The second kappa shape index (κ2) is 6.78. The summed E-state index contributed by atoms with van der Waals surface area (Å²) in [6.45, 7) is 4.43. The summed E-state index contributed by atoms with van der Waals surface area (Å²) in [5, 5.41) is 5.01. The second-order valence-electron chi connectivity index (χ2n) is 6.08. The zero-order valence-electron chi connectivity index (χ0n) is 14.4. The molecule has 3 aromatic rings. The molecule has 0 radical (unpaired) electrons. The van der Waals surface area contributed by atoms with Gasteiger partial charge in [-0.25, -0.2) is 9.67 Å². The highest BCUT2D eigenvalue weighted by Crippen LogP contribution is 2.37. The van der Waals surface area contributed by atoms with E-state index in [9.17, 15) is 4.79 Å². The van der Waals surface area contributed by atoms with Crippen LogP contribution in [0.2, 0.25) is 5.02 Å². The lowest BCUT2D eigenvalue weighted by atomic mass is 10.1. The minimum atomic E-state index is -0.0214. The van der Waals surface area contributed by atoms with Crippen LogP contribution in [0.3, 0.4) is 0 Å². The maximum Gasteiger partial charge on any atom is 0.258 e. The first-order valence-corrected chi connectivity index (χ1v) is 9.64. The number of halogens is 1. The van der Waals surface area contributed by atoms with E-state index in [0.29, 0.717) is 17.1 Å². The van der Waals surface area contributed by atoms with Crippen LogP contribution in [0.4, 0.5) is 5.69 Å². The van der Waals surface area contributed by atoms with E-state index in [-0.39, 0.29) is 5.91 Å². The fourth-order valence-electron chi connectivity index (χ4n) is 3.07.